The third-order valence-electron chi connectivity index (χ3n) is 11.7. The number of nitrogens with two attached hydrogens (primary N) is 1. The molecule has 6 aromatic carbocycles. The van der Waals surface area contributed by atoms with Gasteiger partial charge in [-0.2, -0.15) is 0 Å². The number of thiophene rings is 1. The van der Waals surface area contributed by atoms with Crippen LogP contribution in [0.3, 0.4) is 0 Å². The van der Waals surface area contributed by atoms with E-state index in [-0.39, 0.29) is 0 Å². The predicted octanol–water partition coefficient (Wildman–Crippen LogP) is 14.7. The van der Waals surface area contributed by atoms with Crippen molar-refractivity contribution in [1.82, 2.24) is 19.5 Å². The largest absolute Gasteiger partial charge is 0.398 e. The van der Waals surface area contributed by atoms with Gasteiger partial charge in [-0.05, 0) is 119 Å². The van der Waals surface area contributed by atoms with E-state index in [4.69, 9.17) is 20.7 Å². The Bertz CT molecular complexity index is 3440. The van der Waals surface area contributed by atoms with Crippen molar-refractivity contribution in [2.45, 2.75) is 0 Å². The van der Waals surface area contributed by atoms with Crippen molar-refractivity contribution in [3.05, 3.63) is 225 Å². The van der Waals surface area contributed by atoms with Gasteiger partial charge in [-0.3, -0.25) is 15.0 Å². The highest BCUT2D eigenvalue weighted by atomic mass is 32.1. The van der Waals surface area contributed by atoms with E-state index in [1.807, 2.05) is 79.3 Å². The molecule has 0 saturated carbocycles. The van der Waals surface area contributed by atoms with Crippen LogP contribution in [0.25, 0.3) is 109 Å². The van der Waals surface area contributed by atoms with Crippen LogP contribution in [0.4, 0.5) is 0 Å². The summed E-state index contributed by atoms with van der Waals surface area (Å²) >= 11 is 1.78. The minimum Gasteiger partial charge on any atom is -0.398 e. The summed E-state index contributed by atoms with van der Waals surface area (Å²) in [7, 11) is 0. The van der Waals surface area contributed by atoms with E-state index in [0.29, 0.717) is 5.70 Å². The van der Waals surface area contributed by atoms with E-state index in [9.17, 15) is 0 Å². The van der Waals surface area contributed by atoms with Gasteiger partial charge in [0.2, 0.25) is 0 Å². The SMILES string of the molecule is C=C/C=C\C=C(/N)c1cc2sc3ccc(-n4c5ccc(-c6ccccc6-c6ccccn6)cc5c5cc(-c6ccccc6-c6ccccn6)ccc54)cc3c2cc1-c1ccccn1. The minimum absolute atomic E-state index is 0.670. The Kier molecular flexibility index (Phi) is 9.60. The fourth-order valence-electron chi connectivity index (χ4n) is 8.85. The van der Waals surface area contributed by atoms with Gasteiger partial charge in [0.05, 0.1) is 28.1 Å². The van der Waals surface area contributed by atoms with Gasteiger partial charge in [-0.25, -0.2) is 0 Å². The molecule has 0 fully saturated rings. The lowest BCUT2D eigenvalue weighted by Crippen LogP contribution is -1.99. The molecule has 11 rings (SSSR count). The number of fused-ring (bicyclic) bond motifs is 6. The Labute approximate surface area is 369 Å². The van der Waals surface area contributed by atoms with Crippen LogP contribution in [0, 0.1) is 0 Å². The molecule has 0 atom stereocenters. The summed E-state index contributed by atoms with van der Waals surface area (Å²) in [5.74, 6) is 0. The van der Waals surface area contributed by atoms with E-state index in [0.717, 1.165) is 83.0 Å². The molecule has 5 aromatic heterocycles. The second-order valence-corrected chi connectivity index (χ2v) is 16.5. The average molecular weight is 826 g/mol. The topological polar surface area (TPSA) is 69.6 Å². The summed E-state index contributed by atoms with van der Waals surface area (Å²) in [5, 5.41) is 4.68. The maximum atomic E-state index is 6.77. The van der Waals surface area contributed by atoms with Gasteiger partial charge in [0.25, 0.3) is 0 Å². The zero-order valence-corrected chi connectivity index (χ0v) is 35.0. The Balaban J connectivity index is 1.14. The van der Waals surface area contributed by atoms with Crippen molar-refractivity contribution in [3.8, 4) is 61.7 Å². The maximum Gasteiger partial charge on any atom is 0.0708 e. The number of pyridine rings is 3. The highest BCUT2D eigenvalue weighted by Gasteiger charge is 2.20. The van der Waals surface area contributed by atoms with Crippen molar-refractivity contribution in [3.63, 3.8) is 0 Å². The minimum atomic E-state index is 0.670. The Hall–Kier alpha value is -8.19. The lowest BCUT2D eigenvalue weighted by Gasteiger charge is -2.12. The first kappa shape index (κ1) is 37.8. The van der Waals surface area contributed by atoms with E-state index < -0.39 is 0 Å². The molecular weight excluding hydrogens is 787 g/mol. The van der Waals surface area contributed by atoms with Gasteiger partial charge in [-0.15, -0.1) is 11.3 Å². The molecule has 2 N–H and O–H groups in total. The first-order chi connectivity index (χ1) is 31.1. The van der Waals surface area contributed by atoms with Gasteiger partial charge in [0.15, 0.2) is 0 Å². The highest BCUT2D eigenvalue weighted by Crippen LogP contribution is 2.43. The third kappa shape index (κ3) is 6.79. The molecular formula is C57H39N5S. The summed E-state index contributed by atoms with van der Waals surface area (Å²) in [4.78, 5) is 14.2. The Morgan fingerprint density at radius 1 is 0.476 bits per heavy atom. The number of allylic oxidation sites excluding steroid dienone is 4. The molecule has 0 saturated heterocycles. The number of nitrogens with zero attached hydrogens (tertiary/aromatic N) is 4. The quantitative estimate of drug-likeness (QED) is 0.147. The lowest BCUT2D eigenvalue weighted by atomic mass is 9.94. The van der Waals surface area contributed by atoms with Gasteiger partial charge < -0.3 is 10.3 Å². The van der Waals surface area contributed by atoms with Crippen LogP contribution in [0.15, 0.2) is 219 Å². The zero-order valence-electron chi connectivity index (χ0n) is 34.2. The number of hydrogen-bond donors (Lipinski definition) is 1. The lowest BCUT2D eigenvalue weighted by molar-refractivity contribution is 1.19. The van der Waals surface area contributed by atoms with Crippen molar-refractivity contribution < 1.29 is 0 Å². The van der Waals surface area contributed by atoms with Crippen molar-refractivity contribution >= 4 is 59.0 Å². The molecule has 0 bridgehead atoms. The predicted molar refractivity (Wildman–Crippen MR) is 266 cm³/mol. The van der Waals surface area contributed by atoms with E-state index in [1.54, 1.807) is 17.4 Å². The van der Waals surface area contributed by atoms with E-state index in [1.165, 1.54) is 26.2 Å². The molecule has 0 aliphatic heterocycles. The molecule has 0 unspecified atom stereocenters. The summed E-state index contributed by atoms with van der Waals surface area (Å²) in [6.07, 6.45) is 13.0. The molecule has 5 nitrogen and oxygen atoms in total. The Morgan fingerprint density at radius 2 is 1.00 bits per heavy atom. The fraction of sp³-hybridized carbons (Fsp3) is 0. The molecule has 0 aliphatic rings. The van der Waals surface area contributed by atoms with Crippen LogP contribution in [0.1, 0.15) is 5.56 Å². The number of aromatic nitrogens is 4. The van der Waals surface area contributed by atoms with Gasteiger partial charge in [0.1, 0.15) is 0 Å². The second-order valence-electron chi connectivity index (χ2n) is 15.5. The molecule has 63 heavy (non-hydrogen) atoms. The normalized spacial score (nSPS) is 12.0. The van der Waals surface area contributed by atoms with Crippen LogP contribution in [0.2, 0.25) is 0 Å². The first-order valence-electron chi connectivity index (χ1n) is 20.9. The maximum absolute atomic E-state index is 6.77. The molecule has 0 amide bonds. The first-order valence-corrected chi connectivity index (χ1v) is 21.7. The van der Waals surface area contributed by atoms with Crippen molar-refractivity contribution in [1.29, 1.82) is 0 Å². The molecule has 11 aromatic rings. The van der Waals surface area contributed by atoms with Gasteiger partial charge >= 0.3 is 0 Å². The molecule has 0 radical (unpaired) electrons. The number of rotatable bonds is 9. The summed E-state index contributed by atoms with van der Waals surface area (Å²) in [6, 6.07) is 60.3. The molecule has 0 aliphatic carbocycles. The van der Waals surface area contributed by atoms with Crippen LogP contribution in [0.5, 0.6) is 0 Å². The van der Waals surface area contributed by atoms with Crippen molar-refractivity contribution in [2.24, 2.45) is 5.73 Å². The highest BCUT2D eigenvalue weighted by molar-refractivity contribution is 7.25. The molecule has 5 heterocycles. The van der Waals surface area contributed by atoms with Gasteiger partial charge in [-0.1, -0.05) is 104 Å². The standard InChI is InChI=1S/C57H39N5S/c1-2-3-4-19-50(58)44-36-57-49(35-45(44)53-22-11-14-31-61-53)48-34-39(25-28-56(48)63-57)62-54-26-23-37(40-15-5-7-17-42(40)51-20-9-12-29-59-51)32-46(54)47-33-38(24-27-55(47)62)41-16-6-8-18-43(41)52-21-10-13-30-60-52/h2-36H,1,58H2/b4-3-,50-19-. The van der Waals surface area contributed by atoms with Crippen molar-refractivity contribution in [2.75, 3.05) is 0 Å². The monoisotopic (exact) mass is 825 g/mol. The zero-order chi connectivity index (χ0) is 42.3. The van der Waals surface area contributed by atoms with E-state index in [2.05, 4.69) is 139 Å². The average Bonchev–Trinajstić information content (AvgIpc) is 3.88. The van der Waals surface area contributed by atoms with Crippen LogP contribution >= 0.6 is 11.3 Å². The van der Waals surface area contributed by atoms with Crippen LogP contribution in [-0.2, 0) is 0 Å². The molecule has 298 valence electrons. The molecule has 6 heteroatoms. The second kappa shape index (κ2) is 16.0. The molecule has 0 spiro atoms. The Morgan fingerprint density at radius 3 is 1.54 bits per heavy atom. The fourth-order valence-corrected chi connectivity index (χ4v) is 9.95. The summed E-state index contributed by atoms with van der Waals surface area (Å²) in [6.45, 7) is 3.81. The van der Waals surface area contributed by atoms with E-state index >= 15 is 0 Å². The number of benzene rings is 6. The van der Waals surface area contributed by atoms with Crippen LogP contribution < -0.4 is 5.73 Å². The third-order valence-corrected chi connectivity index (χ3v) is 12.9. The summed E-state index contributed by atoms with van der Waals surface area (Å²) < 4.78 is 4.78. The number of hydrogen-bond acceptors (Lipinski definition) is 5. The summed E-state index contributed by atoms with van der Waals surface area (Å²) in [5.41, 5.74) is 22.2. The van der Waals surface area contributed by atoms with Gasteiger partial charge in [0, 0.05) is 83.2 Å². The van der Waals surface area contributed by atoms with Crippen LogP contribution in [-0.4, -0.2) is 19.5 Å². The smallest absolute Gasteiger partial charge is 0.0708 e.